The number of anilines is 1. The Morgan fingerprint density at radius 1 is 1.37 bits per heavy atom. The molecular weight excluding hydrogens is 244 g/mol. The van der Waals surface area contributed by atoms with E-state index in [-0.39, 0.29) is 17.8 Å². The second kappa shape index (κ2) is 4.93. The SMILES string of the molecule is CC(=O)Nc1ccc(/C=C2\C(=O)NC(=N)N2C)cc1. The zero-order valence-electron chi connectivity index (χ0n) is 10.7. The Hall–Kier alpha value is -2.63. The van der Waals surface area contributed by atoms with E-state index in [4.69, 9.17) is 5.41 Å². The van der Waals surface area contributed by atoms with Crippen LogP contribution in [0.3, 0.4) is 0 Å². The zero-order chi connectivity index (χ0) is 14.0. The summed E-state index contributed by atoms with van der Waals surface area (Å²) in [7, 11) is 1.65. The number of nitrogens with one attached hydrogen (secondary N) is 3. The zero-order valence-corrected chi connectivity index (χ0v) is 10.7. The first kappa shape index (κ1) is 12.8. The van der Waals surface area contributed by atoms with Crippen molar-refractivity contribution in [2.45, 2.75) is 6.92 Å². The molecule has 0 atom stereocenters. The van der Waals surface area contributed by atoms with Gasteiger partial charge in [-0.3, -0.25) is 20.3 Å². The molecule has 1 saturated heterocycles. The topological polar surface area (TPSA) is 85.3 Å². The first-order valence-corrected chi connectivity index (χ1v) is 5.70. The summed E-state index contributed by atoms with van der Waals surface area (Å²) >= 11 is 0. The van der Waals surface area contributed by atoms with Crippen LogP contribution in [0.25, 0.3) is 6.08 Å². The Balaban J connectivity index is 2.21. The molecule has 0 radical (unpaired) electrons. The van der Waals surface area contributed by atoms with Crippen LogP contribution in [0.4, 0.5) is 5.69 Å². The van der Waals surface area contributed by atoms with Gasteiger partial charge in [-0.1, -0.05) is 12.1 Å². The minimum absolute atomic E-state index is 0.0612. The van der Waals surface area contributed by atoms with E-state index in [9.17, 15) is 9.59 Å². The summed E-state index contributed by atoms with van der Waals surface area (Å²) in [5.41, 5.74) is 1.93. The second-order valence-electron chi connectivity index (χ2n) is 4.19. The molecule has 98 valence electrons. The number of likely N-dealkylation sites (N-methyl/N-ethyl adjacent to an activating group) is 1. The normalized spacial score (nSPS) is 16.7. The van der Waals surface area contributed by atoms with Gasteiger partial charge < -0.3 is 10.2 Å². The molecule has 1 aromatic rings. The molecule has 2 amide bonds. The van der Waals surface area contributed by atoms with Crippen LogP contribution in [0.1, 0.15) is 12.5 Å². The molecule has 0 aromatic heterocycles. The van der Waals surface area contributed by atoms with Gasteiger partial charge in [0, 0.05) is 19.7 Å². The number of carbonyl (C=O) groups is 2. The Kier molecular flexibility index (Phi) is 3.33. The van der Waals surface area contributed by atoms with Crippen LogP contribution in [0.2, 0.25) is 0 Å². The maximum Gasteiger partial charge on any atom is 0.274 e. The molecule has 1 fully saturated rings. The summed E-state index contributed by atoms with van der Waals surface area (Å²) in [5, 5.41) is 12.6. The van der Waals surface area contributed by atoms with E-state index >= 15 is 0 Å². The maximum atomic E-state index is 11.6. The molecule has 1 aliphatic rings. The molecular formula is C13H14N4O2. The smallest absolute Gasteiger partial charge is 0.274 e. The number of guanidine groups is 1. The van der Waals surface area contributed by atoms with Crippen LogP contribution in [0.5, 0.6) is 0 Å². The van der Waals surface area contributed by atoms with Crippen molar-refractivity contribution in [1.29, 1.82) is 5.41 Å². The third-order valence-corrected chi connectivity index (χ3v) is 2.70. The Morgan fingerprint density at radius 3 is 2.47 bits per heavy atom. The average molecular weight is 258 g/mol. The van der Waals surface area contributed by atoms with Crippen LogP contribution in [-0.2, 0) is 9.59 Å². The summed E-state index contributed by atoms with van der Waals surface area (Å²) in [6.07, 6.45) is 1.69. The summed E-state index contributed by atoms with van der Waals surface area (Å²) in [4.78, 5) is 24.0. The lowest BCUT2D eigenvalue weighted by Crippen LogP contribution is -2.25. The van der Waals surface area contributed by atoms with Crippen molar-refractivity contribution in [3.05, 3.63) is 35.5 Å². The largest absolute Gasteiger partial charge is 0.326 e. The van der Waals surface area contributed by atoms with Crippen molar-refractivity contribution in [1.82, 2.24) is 10.2 Å². The summed E-state index contributed by atoms with van der Waals surface area (Å²) in [6, 6.07) is 7.10. The number of amides is 2. The minimum atomic E-state index is -0.293. The van der Waals surface area contributed by atoms with Gasteiger partial charge in [0.15, 0.2) is 0 Å². The minimum Gasteiger partial charge on any atom is -0.326 e. The molecule has 6 heteroatoms. The van der Waals surface area contributed by atoms with Crippen molar-refractivity contribution in [3.63, 3.8) is 0 Å². The third-order valence-electron chi connectivity index (χ3n) is 2.70. The summed E-state index contributed by atoms with van der Waals surface area (Å²) < 4.78 is 0. The molecule has 0 unspecified atom stereocenters. The number of nitrogens with zero attached hydrogens (tertiary/aromatic N) is 1. The molecule has 0 bridgehead atoms. The Labute approximate surface area is 110 Å². The van der Waals surface area contributed by atoms with Crippen molar-refractivity contribution in [2.24, 2.45) is 0 Å². The second-order valence-corrected chi connectivity index (χ2v) is 4.19. The van der Waals surface area contributed by atoms with E-state index in [1.165, 1.54) is 11.8 Å². The molecule has 3 N–H and O–H groups in total. The fourth-order valence-electron chi connectivity index (χ4n) is 1.71. The molecule has 2 rings (SSSR count). The van der Waals surface area contributed by atoms with E-state index in [0.717, 1.165) is 5.56 Å². The number of carbonyl (C=O) groups excluding carboxylic acids is 2. The number of benzene rings is 1. The predicted octanol–water partition coefficient (Wildman–Crippen LogP) is 0.982. The molecule has 0 saturated carbocycles. The first-order chi connectivity index (χ1) is 8.97. The lowest BCUT2D eigenvalue weighted by Gasteiger charge is -2.09. The molecule has 1 aliphatic heterocycles. The highest BCUT2D eigenvalue weighted by Gasteiger charge is 2.26. The summed E-state index contributed by atoms with van der Waals surface area (Å²) in [5.74, 6) is -0.362. The monoisotopic (exact) mass is 258 g/mol. The quantitative estimate of drug-likeness (QED) is 0.691. The first-order valence-electron chi connectivity index (χ1n) is 5.70. The van der Waals surface area contributed by atoms with Crippen molar-refractivity contribution in [3.8, 4) is 0 Å². The van der Waals surface area contributed by atoms with Gasteiger partial charge in [0.25, 0.3) is 5.91 Å². The van der Waals surface area contributed by atoms with Crippen molar-refractivity contribution < 1.29 is 9.59 Å². The fraction of sp³-hybridized carbons (Fsp3) is 0.154. The van der Waals surface area contributed by atoms with Gasteiger partial charge in [-0.05, 0) is 23.8 Å². The highest BCUT2D eigenvalue weighted by atomic mass is 16.2. The van der Waals surface area contributed by atoms with E-state index in [0.29, 0.717) is 11.4 Å². The van der Waals surface area contributed by atoms with Crippen LogP contribution in [0.15, 0.2) is 30.0 Å². The maximum absolute atomic E-state index is 11.6. The van der Waals surface area contributed by atoms with Crippen LogP contribution < -0.4 is 10.6 Å². The Morgan fingerprint density at radius 2 is 2.00 bits per heavy atom. The van der Waals surface area contributed by atoms with E-state index < -0.39 is 0 Å². The molecule has 6 nitrogen and oxygen atoms in total. The van der Waals surface area contributed by atoms with E-state index in [1.807, 2.05) is 0 Å². The van der Waals surface area contributed by atoms with E-state index in [2.05, 4.69) is 10.6 Å². The number of hydrogen-bond donors (Lipinski definition) is 3. The van der Waals surface area contributed by atoms with Gasteiger partial charge in [-0.2, -0.15) is 0 Å². The molecule has 0 spiro atoms. The van der Waals surface area contributed by atoms with Crippen LogP contribution >= 0.6 is 0 Å². The molecule has 1 heterocycles. The predicted molar refractivity (Wildman–Crippen MR) is 72.4 cm³/mol. The number of rotatable bonds is 2. The van der Waals surface area contributed by atoms with Crippen LogP contribution in [-0.4, -0.2) is 29.7 Å². The standard InChI is InChI=1S/C13H14N4O2/c1-8(18)15-10-5-3-9(4-6-10)7-11-12(19)16-13(14)17(11)2/h3-7H,1-2H3,(H,15,18)(H2,14,16,19)/b11-7+. The van der Waals surface area contributed by atoms with Gasteiger partial charge in [0.05, 0.1) is 0 Å². The highest BCUT2D eigenvalue weighted by Crippen LogP contribution is 2.16. The molecule has 1 aromatic carbocycles. The van der Waals surface area contributed by atoms with Gasteiger partial charge in [-0.15, -0.1) is 0 Å². The van der Waals surface area contributed by atoms with Gasteiger partial charge in [0.1, 0.15) is 5.70 Å². The Bertz CT molecular complexity index is 575. The molecule has 0 aliphatic carbocycles. The number of hydrogen-bond acceptors (Lipinski definition) is 3. The summed E-state index contributed by atoms with van der Waals surface area (Å²) in [6.45, 7) is 1.44. The van der Waals surface area contributed by atoms with Crippen molar-refractivity contribution in [2.75, 3.05) is 12.4 Å². The third kappa shape index (κ3) is 2.79. The van der Waals surface area contributed by atoms with Crippen LogP contribution in [0, 0.1) is 5.41 Å². The van der Waals surface area contributed by atoms with Gasteiger partial charge in [-0.25, -0.2) is 0 Å². The van der Waals surface area contributed by atoms with Gasteiger partial charge in [0.2, 0.25) is 11.9 Å². The lowest BCUT2D eigenvalue weighted by molar-refractivity contribution is -0.116. The average Bonchev–Trinajstić information content (AvgIpc) is 2.58. The lowest BCUT2D eigenvalue weighted by atomic mass is 10.1. The highest BCUT2D eigenvalue weighted by molar-refractivity contribution is 6.14. The van der Waals surface area contributed by atoms with Gasteiger partial charge >= 0.3 is 0 Å². The molecule has 19 heavy (non-hydrogen) atoms. The van der Waals surface area contributed by atoms with E-state index in [1.54, 1.807) is 37.4 Å². The van der Waals surface area contributed by atoms with Crippen molar-refractivity contribution >= 4 is 29.5 Å². The fourth-order valence-corrected chi connectivity index (χ4v) is 1.71.